The molecule has 2 N–H and O–H groups in total. The van der Waals surface area contributed by atoms with Gasteiger partial charge in [-0.1, -0.05) is 0 Å². The van der Waals surface area contributed by atoms with Crippen LogP contribution in [0.15, 0.2) is 4.99 Å². The van der Waals surface area contributed by atoms with Crippen LogP contribution in [0.5, 0.6) is 0 Å². The molecule has 138 valence electrons. The fourth-order valence-electron chi connectivity index (χ4n) is 2.87. The Balaban J connectivity index is 0.00000484. The quantitative estimate of drug-likeness (QED) is 0.329. The van der Waals surface area contributed by atoms with E-state index in [1.807, 2.05) is 7.05 Å². The molecule has 0 aliphatic heterocycles. The predicted molar refractivity (Wildman–Crippen MR) is 112 cm³/mol. The van der Waals surface area contributed by atoms with E-state index in [9.17, 15) is 0 Å². The molecule has 0 aromatic heterocycles. The molecule has 1 rings (SSSR count). The molecule has 1 fully saturated rings. The first-order valence-corrected chi connectivity index (χ1v) is 8.79. The Morgan fingerprint density at radius 3 is 2.09 bits per heavy atom. The zero-order chi connectivity index (χ0) is 16.7. The van der Waals surface area contributed by atoms with E-state index in [0.717, 1.165) is 31.6 Å². The molecule has 6 heteroatoms. The van der Waals surface area contributed by atoms with Crippen LogP contribution >= 0.6 is 24.0 Å². The van der Waals surface area contributed by atoms with Crippen LogP contribution in [-0.4, -0.2) is 73.7 Å². The van der Waals surface area contributed by atoms with Crippen molar-refractivity contribution in [2.45, 2.75) is 71.6 Å². The molecule has 0 amide bonds. The number of hydrogen-bond donors (Lipinski definition) is 2. The number of halogens is 1. The Morgan fingerprint density at radius 2 is 1.65 bits per heavy atom. The minimum absolute atomic E-state index is 0. The number of aliphatic imine (C=N–C) groups is 1. The predicted octanol–water partition coefficient (Wildman–Crippen LogP) is 2.37. The minimum Gasteiger partial charge on any atom is -0.355 e. The SMILES string of the molecule is CN=C(NCCN(C(C)C)C(C)C)NCC(C)N(C)C1CC1.I. The topological polar surface area (TPSA) is 42.9 Å². The van der Waals surface area contributed by atoms with Gasteiger partial charge < -0.3 is 10.6 Å². The number of guanidine groups is 1. The third-order valence-corrected chi connectivity index (χ3v) is 4.60. The molecule has 5 nitrogen and oxygen atoms in total. The second-order valence-corrected chi connectivity index (χ2v) is 7.05. The standard InChI is InChI=1S/C17H37N5.HI/c1-13(2)22(14(3)4)11-10-19-17(18-6)20-12-15(5)21(7)16-8-9-16;/h13-16H,8-12H2,1-7H3,(H2,18,19,20);1H. The number of nitrogens with zero attached hydrogens (tertiary/aromatic N) is 3. The van der Waals surface area contributed by atoms with Gasteiger partial charge in [0.1, 0.15) is 0 Å². The highest BCUT2D eigenvalue weighted by Crippen LogP contribution is 2.26. The second kappa shape index (κ2) is 11.5. The summed E-state index contributed by atoms with van der Waals surface area (Å²) in [5, 5.41) is 6.87. The summed E-state index contributed by atoms with van der Waals surface area (Å²) in [6.45, 7) is 14.2. The van der Waals surface area contributed by atoms with E-state index >= 15 is 0 Å². The molecular weight excluding hydrogens is 401 g/mol. The number of rotatable bonds is 9. The van der Waals surface area contributed by atoms with Gasteiger partial charge in [-0.15, -0.1) is 24.0 Å². The van der Waals surface area contributed by atoms with Crippen molar-refractivity contribution in [2.75, 3.05) is 33.7 Å². The van der Waals surface area contributed by atoms with Crippen LogP contribution in [0.1, 0.15) is 47.5 Å². The third kappa shape index (κ3) is 8.54. The molecule has 1 aliphatic carbocycles. The summed E-state index contributed by atoms with van der Waals surface area (Å²) in [4.78, 5) is 9.29. The minimum atomic E-state index is 0. The van der Waals surface area contributed by atoms with Crippen molar-refractivity contribution in [2.24, 2.45) is 4.99 Å². The Hall–Kier alpha value is -0.0800. The zero-order valence-electron chi connectivity index (χ0n) is 16.1. The van der Waals surface area contributed by atoms with Gasteiger partial charge >= 0.3 is 0 Å². The Morgan fingerprint density at radius 1 is 1.09 bits per heavy atom. The molecule has 1 aliphatic rings. The molecule has 0 spiro atoms. The molecule has 0 aromatic rings. The van der Waals surface area contributed by atoms with Gasteiger partial charge in [0.25, 0.3) is 0 Å². The summed E-state index contributed by atoms with van der Waals surface area (Å²) >= 11 is 0. The van der Waals surface area contributed by atoms with Crippen molar-refractivity contribution in [3.63, 3.8) is 0 Å². The summed E-state index contributed by atoms with van der Waals surface area (Å²) in [5.41, 5.74) is 0. The number of likely N-dealkylation sites (N-methyl/N-ethyl adjacent to an activating group) is 1. The highest BCUT2D eigenvalue weighted by Gasteiger charge is 2.28. The van der Waals surface area contributed by atoms with Crippen LogP contribution in [-0.2, 0) is 0 Å². The van der Waals surface area contributed by atoms with Crippen molar-refractivity contribution >= 4 is 29.9 Å². The first-order chi connectivity index (χ1) is 10.4. The highest BCUT2D eigenvalue weighted by atomic mass is 127. The van der Waals surface area contributed by atoms with Gasteiger partial charge in [-0.25, -0.2) is 0 Å². The fraction of sp³-hybridized carbons (Fsp3) is 0.941. The summed E-state index contributed by atoms with van der Waals surface area (Å²) in [7, 11) is 4.07. The number of nitrogens with one attached hydrogen (secondary N) is 2. The molecule has 0 saturated heterocycles. The Labute approximate surface area is 160 Å². The lowest BCUT2D eigenvalue weighted by molar-refractivity contribution is 0.178. The molecule has 23 heavy (non-hydrogen) atoms. The van der Waals surface area contributed by atoms with Gasteiger partial charge in [-0.3, -0.25) is 14.8 Å². The molecule has 0 heterocycles. The lowest BCUT2D eigenvalue weighted by atomic mass is 10.2. The van der Waals surface area contributed by atoms with Crippen molar-refractivity contribution in [1.82, 2.24) is 20.4 Å². The van der Waals surface area contributed by atoms with Gasteiger partial charge in [-0.2, -0.15) is 0 Å². The summed E-state index contributed by atoms with van der Waals surface area (Å²) in [6.07, 6.45) is 2.71. The monoisotopic (exact) mass is 439 g/mol. The van der Waals surface area contributed by atoms with Gasteiger partial charge in [0.15, 0.2) is 5.96 Å². The van der Waals surface area contributed by atoms with E-state index in [-0.39, 0.29) is 24.0 Å². The van der Waals surface area contributed by atoms with E-state index in [1.165, 1.54) is 12.8 Å². The van der Waals surface area contributed by atoms with Crippen molar-refractivity contribution in [3.8, 4) is 0 Å². The maximum Gasteiger partial charge on any atom is 0.191 e. The van der Waals surface area contributed by atoms with Crippen LogP contribution in [0.4, 0.5) is 0 Å². The average Bonchev–Trinajstić information content (AvgIpc) is 3.29. The van der Waals surface area contributed by atoms with Crippen LogP contribution in [0, 0.1) is 0 Å². The molecule has 1 unspecified atom stereocenters. The van der Waals surface area contributed by atoms with Crippen LogP contribution in [0.2, 0.25) is 0 Å². The lowest BCUT2D eigenvalue weighted by Crippen LogP contribution is -2.48. The average molecular weight is 439 g/mol. The zero-order valence-corrected chi connectivity index (χ0v) is 18.4. The van der Waals surface area contributed by atoms with Crippen LogP contribution in [0.3, 0.4) is 0 Å². The van der Waals surface area contributed by atoms with E-state index in [2.05, 4.69) is 67.1 Å². The van der Waals surface area contributed by atoms with Crippen LogP contribution < -0.4 is 10.6 Å². The van der Waals surface area contributed by atoms with Crippen molar-refractivity contribution < 1.29 is 0 Å². The first-order valence-electron chi connectivity index (χ1n) is 8.79. The summed E-state index contributed by atoms with van der Waals surface area (Å²) in [5.74, 6) is 0.906. The molecule has 0 aromatic carbocycles. The number of hydrogen-bond acceptors (Lipinski definition) is 3. The largest absolute Gasteiger partial charge is 0.355 e. The molecule has 0 radical (unpaired) electrons. The third-order valence-electron chi connectivity index (χ3n) is 4.60. The summed E-state index contributed by atoms with van der Waals surface area (Å²) in [6, 6.07) is 2.49. The van der Waals surface area contributed by atoms with E-state index in [0.29, 0.717) is 18.1 Å². The molecule has 0 bridgehead atoms. The van der Waals surface area contributed by atoms with E-state index in [1.54, 1.807) is 0 Å². The Kier molecular flexibility index (Phi) is 11.4. The maximum absolute atomic E-state index is 4.32. The highest BCUT2D eigenvalue weighted by molar-refractivity contribution is 14.0. The summed E-state index contributed by atoms with van der Waals surface area (Å²) < 4.78 is 0. The van der Waals surface area contributed by atoms with Crippen molar-refractivity contribution in [1.29, 1.82) is 0 Å². The fourth-order valence-corrected chi connectivity index (χ4v) is 2.87. The van der Waals surface area contributed by atoms with Gasteiger partial charge in [0, 0.05) is 50.8 Å². The van der Waals surface area contributed by atoms with E-state index in [4.69, 9.17) is 0 Å². The van der Waals surface area contributed by atoms with Gasteiger partial charge in [0.2, 0.25) is 0 Å². The molecule has 1 atom stereocenters. The van der Waals surface area contributed by atoms with Crippen LogP contribution in [0.25, 0.3) is 0 Å². The van der Waals surface area contributed by atoms with Gasteiger partial charge in [0.05, 0.1) is 0 Å². The second-order valence-electron chi connectivity index (χ2n) is 7.05. The lowest BCUT2D eigenvalue weighted by Gasteiger charge is -2.31. The smallest absolute Gasteiger partial charge is 0.191 e. The van der Waals surface area contributed by atoms with Gasteiger partial charge in [-0.05, 0) is 54.5 Å². The normalized spacial score (nSPS) is 16.9. The van der Waals surface area contributed by atoms with Crippen molar-refractivity contribution in [3.05, 3.63) is 0 Å². The maximum atomic E-state index is 4.32. The Bertz CT molecular complexity index is 334. The first kappa shape index (κ1) is 22.9. The molecule has 1 saturated carbocycles. The van der Waals surface area contributed by atoms with E-state index < -0.39 is 0 Å². The molecular formula is C17H38IN5.